The van der Waals surface area contributed by atoms with Crippen LogP contribution in [-0.2, 0) is 6.42 Å². The van der Waals surface area contributed by atoms with E-state index in [1.54, 1.807) is 18.2 Å². The number of aldehydes is 1. The zero-order valence-corrected chi connectivity index (χ0v) is 7.66. The van der Waals surface area contributed by atoms with E-state index >= 15 is 0 Å². The fraction of sp³-hybridized carbons (Fsp3) is 0.111. The summed E-state index contributed by atoms with van der Waals surface area (Å²) in [5, 5.41) is 3.95. The molecule has 0 aliphatic rings. The molecule has 0 fully saturated rings. The Morgan fingerprint density at radius 2 is 2.31 bits per heavy atom. The number of benzene rings is 1. The molecule has 0 radical (unpaired) electrons. The molecular weight excluding hydrogens is 188 g/mol. The number of nitrogens with two attached hydrogens (primary N) is 1. The molecule has 0 atom stereocenters. The van der Waals surface area contributed by atoms with Crippen molar-refractivity contribution in [2.45, 2.75) is 6.42 Å². The second kappa shape index (κ2) is 4.62. The number of carbonyl (C=O) groups excluding carboxylic acids is 1. The van der Waals surface area contributed by atoms with Gasteiger partial charge in [0.25, 0.3) is 0 Å². The van der Waals surface area contributed by atoms with Crippen LogP contribution in [0.5, 0.6) is 0 Å². The van der Waals surface area contributed by atoms with E-state index in [9.17, 15) is 4.79 Å². The normalized spacial score (nSPS) is 10.5. The molecule has 1 rings (SSSR count). The van der Waals surface area contributed by atoms with Crippen LogP contribution < -0.4 is 5.84 Å². The fourth-order valence-electron chi connectivity index (χ4n) is 1.02. The van der Waals surface area contributed by atoms with Crippen LogP contribution in [-0.4, -0.2) is 12.5 Å². The highest BCUT2D eigenvalue weighted by Crippen LogP contribution is 2.14. The van der Waals surface area contributed by atoms with E-state index in [0.29, 0.717) is 17.0 Å². The lowest BCUT2D eigenvalue weighted by molar-refractivity contribution is 0.112. The van der Waals surface area contributed by atoms with Gasteiger partial charge in [0.05, 0.1) is 0 Å². The maximum absolute atomic E-state index is 10.6. The smallest absolute Gasteiger partial charge is 0.150 e. The first-order valence-electron chi connectivity index (χ1n) is 3.73. The standard InChI is InChI=1S/C9H9ClN2O/c10-9-2-1-8(6-13)7(5-9)3-4-12-11/h1-2,4-6H,3,11H2/b12-4+. The molecule has 0 heterocycles. The number of hydrazone groups is 1. The summed E-state index contributed by atoms with van der Waals surface area (Å²) >= 11 is 5.76. The molecule has 0 saturated heterocycles. The lowest BCUT2D eigenvalue weighted by atomic mass is 10.1. The van der Waals surface area contributed by atoms with Crippen LogP contribution in [0.2, 0.25) is 5.02 Å². The van der Waals surface area contributed by atoms with Crippen LogP contribution in [0.25, 0.3) is 0 Å². The third kappa shape index (κ3) is 2.56. The Bertz CT molecular complexity index is 336. The number of hydrogen-bond acceptors (Lipinski definition) is 3. The summed E-state index contributed by atoms with van der Waals surface area (Å²) in [6.45, 7) is 0. The van der Waals surface area contributed by atoms with E-state index in [1.165, 1.54) is 6.21 Å². The van der Waals surface area contributed by atoms with Gasteiger partial charge in [-0.15, -0.1) is 0 Å². The van der Waals surface area contributed by atoms with Gasteiger partial charge in [-0.3, -0.25) is 4.79 Å². The highest BCUT2D eigenvalue weighted by molar-refractivity contribution is 6.30. The Balaban J connectivity index is 3.00. The van der Waals surface area contributed by atoms with Gasteiger partial charge in [-0.05, 0) is 23.8 Å². The summed E-state index contributed by atoms with van der Waals surface area (Å²) < 4.78 is 0. The Kier molecular flexibility index (Phi) is 3.46. The van der Waals surface area contributed by atoms with Crippen molar-refractivity contribution >= 4 is 24.1 Å². The molecule has 0 unspecified atom stereocenters. The lowest BCUT2D eigenvalue weighted by Crippen LogP contribution is -1.95. The highest BCUT2D eigenvalue weighted by atomic mass is 35.5. The van der Waals surface area contributed by atoms with Crippen LogP contribution in [0.4, 0.5) is 0 Å². The number of hydrogen-bond donors (Lipinski definition) is 1. The summed E-state index contributed by atoms with van der Waals surface area (Å²) in [4.78, 5) is 10.6. The monoisotopic (exact) mass is 196 g/mol. The Labute approximate surface area is 81.2 Å². The molecule has 3 nitrogen and oxygen atoms in total. The minimum Gasteiger partial charge on any atom is -0.324 e. The first-order valence-corrected chi connectivity index (χ1v) is 4.11. The summed E-state index contributed by atoms with van der Waals surface area (Å²) in [7, 11) is 0. The van der Waals surface area contributed by atoms with Crippen LogP contribution in [0.3, 0.4) is 0 Å². The number of nitrogens with zero attached hydrogens (tertiary/aromatic N) is 1. The summed E-state index contributed by atoms with van der Waals surface area (Å²) in [5.41, 5.74) is 1.45. The molecule has 1 aromatic carbocycles. The van der Waals surface area contributed by atoms with E-state index in [-0.39, 0.29) is 0 Å². The Morgan fingerprint density at radius 1 is 1.54 bits per heavy atom. The van der Waals surface area contributed by atoms with E-state index in [2.05, 4.69) is 5.10 Å². The predicted octanol–water partition coefficient (Wildman–Crippen LogP) is 1.64. The van der Waals surface area contributed by atoms with Crippen molar-refractivity contribution in [3.05, 3.63) is 34.3 Å². The molecule has 2 N–H and O–H groups in total. The first-order chi connectivity index (χ1) is 6.27. The topological polar surface area (TPSA) is 55.4 Å². The van der Waals surface area contributed by atoms with Crippen molar-refractivity contribution in [3.8, 4) is 0 Å². The van der Waals surface area contributed by atoms with Crippen molar-refractivity contribution < 1.29 is 4.79 Å². The summed E-state index contributed by atoms with van der Waals surface area (Å²) in [5.74, 6) is 4.95. The van der Waals surface area contributed by atoms with Gasteiger partial charge in [-0.25, -0.2) is 0 Å². The van der Waals surface area contributed by atoms with E-state index in [0.717, 1.165) is 11.8 Å². The molecule has 1 aromatic rings. The van der Waals surface area contributed by atoms with E-state index < -0.39 is 0 Å². The minimum absolute atomic E-state index is 0.519. The molecule has 68 valence electrons. The molecule has 0 spiro atoms. The van der Waals surface area contributed by atoms with Gasteiger partial charge in [-0.2, -0.15) is 5.10 Å². The molecule has 0 aliphatic carbocycles. The third-order valence-electron chi connectivity index (χ3n) is 1.65. The van der Waals surface area contributed by atoms with Crippen LogP contribution in [0.1, 0.15) is 15.9 Å². The second-order valence-corrected chi connectivity index (χ2v) is 2.93. The zero-order chi connectivity index (χ0) is 9.68. The van der Waals surface area contributed by atoms with Gasteiger partial charge < -0.3 is 5.84 Å². The number of halogens is 1. The predicted molar refractivity (Wildman–Crippen MR) is 53.2 cm³/mol. The van der Waals surface area contributed by atoms with E-state index in [4.69, 9.17) is 17.4 Å². The average Bonchev–Trinajstić information content (AvgIpc) is 2.15. The van der Waals surface area contributed by atoms with Crippen LogP contribution in [0.15, 0.2) is 23.3 Å². The highest BCUT2D eigenvalue weighted by Gasteiger charge is 2.00. The zero-order valence-electron chi connectivity index (χ0n) is 6.90. The molecule has 0 aliphatic heterocycles. The van der Waals surface area contributed by atoms with Gasteiger partial charge in [0.2, 0.25) is 0 Å². The maximum atomic E-state index is 10.6. The Hall–Kier alpha value is -1.35. The molecule has 0 amide bonds. The largest absolute Gasteiger partial charge is 0.324 e. The van der Waals surface area contributed by atoms with Crippen LogP contribution in [0, 0.1) is 0 Å². The van der Waals surface area contributed by atoms with Crippen LogP contribution >= 0.6 is 11.6 Å². The summed E-state index contributed by atoms with van der Waals surface area (Å²) in [6, 6.07) is 5.08. The van der Waals surface area contributed by atoms with E-state index in [1.807, 2.05) is 0 Å². The van der Waals surface area contributed by atoms with Gasteiger partial charge in [0.1, 0.15) is 6.29 Å². The fourth-order valence-corrected chi connectivity index (χ4v) is 1.21. The second-order valence-electron chi connectivity index (χ2n) is 2.50. The average molecular weight is 197 g/mol. The molecule has 13 heavy (non-hydrogen) atoms. The van der Waals surface area contributed by atoms with Crippen molar-refractivity contribution in [2.75, 3.05) is 0 Å². The molecule has 0 saturated carbocycles. The quantitative estimate of drug-likeness (QED) is 0.346. The minimum atomic E-state index is 0.519. The third-order valence-corrected chi connectivity index (χ3v) is 1.88. The molecule has 0 aromatic heterocycles. The van der Waals surface area contributed by atoms with Crippen molar-refractivity contribution in [1.82, 2.24) is 0 Å². The molecule has 4 heteroatoms. The molecule has 0 bridgehead atoms. The SMILES string of the molecule is N/N=C/Cc1cc(Cl)ccc1C=O. The van der Waals surface area contributed by atoms with Crippen molar-refractivity contribution in [1.29, 1.82) is 0 Å². The van der Waals surface area contributed by atoms with Gasteiger partial charge >= 0.3 is 0 Å². The Morgan fingerprint density at radius 3 is 2.92 bits per heavy atom. The van der Waals surface area contributed by atoms with Gasteiger partial charge in [0.15, 0.2) is 0 Å². The lowest BCUT2D eigenvalue weighted by Gasteiger charge is -2.00. The number of carbonyl (C=O) groups is 1. The maximum Gasteiger partial charge on any atom is 0.150 e. The van der Waals surface area contributed by atoms with Gasteiger partial charge in [0, 0.05) is 23.2 Å². The van der Waals surface area contributed by atoms with Crippen molar-refractivity contribution in [2.24, 2.45) is 10.9 Å². The summed E-state index contributed by atoms with van der Waals surface area (Å²) in [6.07, 6.45) is 2.83. The van der Waals surface area contributed by atoms with Crippen molar-refractivity contribution in [3.63, 3.8) is 0 Å². The molecular formula is C9H9ClN2O. The number of rotatable bonds is 3. The first kappa shape index (κ1) is 9.74. The van der Waals surface area contributed by atoms with Gasteiger partial charge in [-0.1, -0.05) is 11.6 Å².